The molecular formula is C8H19NO3S. The predicted octanol–water partition coefficient (Wildman–Crippen LogP) is 0.993. The summed E-state index contributed by atoms with van der Waals surface area (Å²) in [7, 11) is -3.83. The summed E-state index contributed by atoms with van der Waals surface area (Å²) >= 11 is 0. The van der Waals surface area contributed by atoms with E-state index in [0.29, 0.717) is 18.6 Å². The molecule has 0 radical (unpaired) electrons. The molecule has 0 aromatic heterocycles. The maximum absolute atomic E-state index is 10.5. The largest absolute Gasteiger partial charge is 0.297 e. The Morgan fingerprint density at radius 3 is 1.77 bits per heavy atom. The van der Waals surface area contributed by atoms with E-state index in [9.17, 15) is 8.42 Å². The maximum atomic E-state index is 10.5. The number of hydrogen-bond acceptors (Lipinski definition) is 3. The average Bonchev–Trinajstić information content (AvgIpc) is 1.82. The van der Waals surface area contributed by atoms with Gasteiger partial charge in [0.25, 0.3) is 10.1 Å². The van der Waals surface area contributed by atoms with Gasteiger partial charge in [-0.25, -0.2) is 0 Å². The molecule has 13 heavy (non-hydrogen) atoms. The van der Waals surface area contributed by atoms with Crippen molar-refractivity contribution in [2.75, 3.05) is 12.3 Å². The van der Waals surface area contributed by atoms with Crippen molar-refractivity contribution in [3.8, 4) is 0 Å². The highest BCUT2D eigenvalue weighted by atomic mass is 32.2. The van der Waals surface area contributed by atoms with E-state index in [1.165, 1.54) is 0 Å². The van der Waals surface area contributed by atoms with Crippen molar-refractivity contribution in [3.05, 3.63) is 0 Å². The van der Waals surface area contributed by atoms with Crippen LogP contribution in [0.4, 0.5) is 0 Å². The van der Waals surface area contributed by atoms with Crippen molar-refractivity contribution < 1.29 is 13.0 Å². The first-order chi connectivity index (χ1) is 5.74. The second-order valence-corrected chi connectivity index (χ2v) is 5.28. The molecule has 0 aromatic carbocycles. The Kier molecular flexibility index (Phi) is 4.88. The van der Waals surface area contributed by atoms with Gasteiger partial charge in [0.05, 0.1) is 5.75 Å². The van der Waals surface area contributed by atoms with Crippen LogP contribution in [0.25, 0.3) is 0 Å². The molecule has 0 saturated heterocycles. The molecule has 0 spiro atoms. The molecule has 0 rings (SSSR count). The van der Waals surface area contributed by atoms with E-state index in [2.05, 4.69) is 0 Å². The maximum Gasteiger partial charge on any atom is 0.266 e. The fraction of sp³-hybridized carbons (Fsp3) is 1.00. The highest BCUT2D eigenvalue weighted by molar-refractivity contribution is 7.85. The van der Waals surface area contributed by atoms with Gasteiger partial charge in [-0.3, -0.25) is 9.45 Å². The number of hydrogen-bond donors (Lipinski definition) is 1. The minimum absolute atomic E-state index is 0.191. The zero-order valence-corrected chi connectivity index (χ0v) is 9.50. The molecule has 0 aliphatic heterocycles. The summed E-state index contributed by atoms with van der Waals surface area (Å²) in [6.07, 6.45) is 0. The van der Waals surface area contributed by atoms with Gasteiger partial charge < -0.3 is 0 Å². The minimum atomic E-state index is -3.83. The van der Waals surface area contributed by atoms with Gasteiger partial charge in [-0.15, -0.1) is 0 Å². The molecule has 0 aliphatic rings. The van der Waals surface area contributed by atoms with Crippen LogP contribution in [0.15, 0.2) is 0 Å². The Balaban J connectivity index is 4.13. The number of rotatable bonds is 5. The second kappa shape index (κ2) is 4.93. The Hall–Kier alpha value is -0.130. The average molecular weight is 209 g/mol. The highest BCUT2D eigenvalue weighted by Gasteiger charge is 2.15. The van der Waals surface area contributed by atoms with Crippen molar-refractivity contribution in [1.29, 1.82) is 0 Å². The summed E-state index contributed by atoms with van der Waals surface area (Å²) in [6, 6.07) is 0.587. The first-order valence-corrected chi connectivity index (χ1v) is 6.06. The van der Waals surface area contributed by atoms with Gasteiger partial charge in [0.1, 0.15) is 0 Å². The van der Waals surface area contributed by atoms with Crippen LogP contribution in [0.5, 0.6) is 0 Å². The minimum Gasteiger partial charge on any atom is -0.297 e. The van der Waals surface area contributed by atoms with Gasteiger partial charge in [-0.1, -0.05) is 0 Å². The first-order valence-electron chi connectivity index (χ1n) is 4.45. The van der Waals surface area contributed by atoms with Gasteiger partial charge in [0, 0.05) is 18.6 Å². The monoisotopic (exact) mass is 209 g/mol. The van der Waals surface area contributed by atoms with Gasteiger partial charge >= 0.3 is 0 Å². The summed E-state index contributed by atoms with van der Waals surface area (Å²) in [4.78, 5) is 2.02. The van der Waals surface area contributed by atoms with E-state index < -0.39 is 10.1 Å². The van der Waals surface area contributed by atoms with Crippen molar-refractivity contribution in [2.45, 2.75) is 39.8 Å². The third kappa shape index (κ3) is 6.01. The third-order valence-corrected chi connectivity index (χ3v) is 2.63. The highest BCUT2D eigenvalue weighted by Crippen LogP contribution is 2.04. The van der Waals surface area contributed by atoms with E-state index in [1.54, 1.807) is 0 Å². The van der Waals surface area contributed by atoms with E-state index in [0.717, 1.165) is 0 Å². The molecule has 0 unspecified atom stereocenters. The topological polar surface area (TPSA) is 57.6 Å². The van der Waals surface area contributed by atoms with Crippen molar-refractivity contribution in [3.63, 3.8) is 0 Å². The predicted molar refractivity (Wildman–Crippen MR) is 53.4 cm³/mol. The lowest BCUT2D eigenvalue weighted by molar-refractivity contribution is 0.185. The molecule has 1 N–H and O–H groups in total. The smallest absolute Gasteiger partial charge is 0.266 e. The molecule has 0 heterocycles. The third-order valence-electron chi connectivity index (χ3n) is 1.93. The summed E-state index contributed by atoms with van der Waals surface area (Å²) in [6.45, 7) is 8.40. The Bertz CT molecular complexity index is 226. The number of nitrogens with zero attached hydrogens (tertiary/aromatic N) is 1. The molecule has 4 nitrogen and oxygen atoms in total. The molecule has 0 bridgehead atoms. The zero-order chi connectivity index (χ0) is 10.6. The lowest BCUT2D eigenvalue weighted by Gasteiger charge is -2.29. The standard InChI is InChI=1S/C8H19NO3S/c1-7(2)9(8(3)4)5-6-13(10,11)12/h7-8H,5-6H2,1-4H3,(H,10,11,12). The summed E-state index contributed by atoms with van der Waals surface area (Å²) in [5, 5.41) is 0. The fourth-order valence-corrected chi connectivity index (χ4v) is 1.77. The van der Waals surface area contributed by atoms with Gasteiger partial charge in [0.15, 0.2) is 0 Å². The van der Waals surface area contributed by atoms with Crippen LogP contribution in [0, 0.1) is 0 Å². The molecule has 0 fully saturated rings. The molecule has 0 atom stereocenters. The normalized spacial score (nSPS) is 13.2. The Morgan fingerprint density at radius 2 is 1.54 bits per heavy atom. The lowest BCUT2D eigenvalue weighted by atomic mass is 10.2. The van der Waals surface area contributed by atoms with Crippen LogP contribution in [-0.4, -0.2) is 42.3 Å². The zero-order valence-electron chi connectivity index (χ0n) is 8.69. The molecular weight excluding hydrogens is 190 g/mol. The van der Waals surface area contributed by atoms with Gasteiger partial charge in [0.2, 0.25) is 0 Å². The molecule has 0 aliphatic carbocycles. The molecule has 0 saturated carbocycles. The van der Waals surface area contributed by atoms with E-state index >= 15 is 0 Å². The molecule has 5 heteroatoms. The lowest BCUT2D eigenvalue weighted by Crippen LogP contribution is -2.40. The van der Waals surface area contributed by atoms with Crippen LogP contribution in [0.3, 0.4) is 0 Å². The van der Waals surface area contributed by atoms with Crippen molar-refractivity contribution in [1.82, 2.24) is 4.90 Å². The van der Waals surface area contributed by atoms with Crippen LogP contribution in [-0.2, 0) is 10.1 Å². The Morgan fingerprint density at radius 1 is 1.15 bits per heavy atom. The van der Waals surface area contributed by atoms with Crippen LogP contribution in [0.1, 0.15) is 27.7 Å². The SMILES string of the molecule is CC(C)N(CCS(=O)(=O)O)C(C)C. The van der Waals surface area contributed by atoms with Gasteiger partial charge in [-0.05, 0) is 27.7 Å². The fourth-order valence-electron chi connectivity index (χ4n) is 1.33. The van der Waals surface area contributed by atoms with Crippen molar-refractivity contribution in [2.24, 2.45) is 0 Å². The van der Waals surface area contributed by atoms with E-state index in [-0.39, 0.29) is 5.75 Å². The quantitative estimate of drug-likeness (QED) is 0.686. The van der Waals surface area contributed by atoms with Crippen LogP contribution < -0.4 is 0 Å². The molecule has 0 amide bonds. The van der Waals surface area contributed by atoms with Crippen LogP contribution in [0.2, 0.25) is 0 Å². The first kappa shape index (κ1) is 12.9. The molecule has 80 valence electrons. The molecule has 0 aromatic rings. The van der Waals surface area contributed by atoms with Gasteiger partial charge in [-0.2, -0.15) is 8.42 Å². The summed E-state index contributed by atoms with van der Waals surface area (Å²) in [5.41, 5.74) is 0. The van der Waals surface area contributed by atoms with Crippen molar-refractivity contribution >= 4 is 10.1 Å². The van der Waals surface area contributed by atoms with E-state index in [1.807, 2.05) is 32.6 Å². The summed E-state index contributed by atoms with van der Waals surface area (Å²) < 4.78 is 29.6. The Labute approximate surface area is 80.7 Å². The van der Waals surface area contributed by atoms with E-state index in [4.69, 9.17) is 4.55 Å². The van der Waals surface area contributed by atoms with Crippen LogP contribution >= 0.6 is 0 Å². The second-order valence-electron chi connectivity index (χ2n) is 3.71. The summed E-state index contributed by atoms with van der Waals surface area (Å²) in [5.74, 6) is -0.191.